The van der Waals surface area contributed by atoms with E-state index in [9.17, 15) is 26.7 Å². The highest BCUT2D eigenvalue weighted by Gasteiger charge is 2.58. The second kappa shape index (κ2) is 12.8. The first kappa shape index (κ1) is 31.8. The van der Waals surface area contributed by atoms with Crippen LogP contribution in [0.25, 0.3) is 0 Å². The Kier molecular flexibility index (Phi) is 9.43. The third kappa shape index (κ3) is 7.54. The zero-order valence-corrected chi connectivity index (χ0v) is 24.2. The zero-order chi connectivity index (χ0) is 30.8. The number of benzene rings is 2. The molecular formula is C31H37F5N2O5. The van der Waals surface area contributed by atoms with Gasteiger partial charge >= 0.3 is 6.18 Å². The predicted octanol–water partition coefficient (Wildman–Crippen LogP) is 5.35. The third-order valence-corrected chi connectivity index (χ3v) is 8.25. The molecule has 2 heterocycles. The fourth-order valence-electron chi connectivity index (χ4n) is 6.12. The molecule has 2 aromatic carbocycles. The standard InChI is InChI=1S/C31H37F5N2O5/c1-29(2)42-26-17-30(28(39)37-11-14-38-12-3-4-13-38,41-18-20-7-5-8-21(15-20)31(34,35)36)16-25(27(26)43-29)40-19-22-23(32)9-6-10-24(22)33/h5-10,15,25-27H,3-4,11-14,16-19H2,1-2H3,(H,37,39)/t25-,26+,27-,30+/m0/s1. The van der Waals surface area contributed by atoms with Crippen molar-refractivity contribution in [3.63, 3.8) is 0 Å². The summed E-state index contributed by atoms with van der Waals surface area (Å²) in [6.45, 7) is 5.56. The molecule has 0 bridgehead atoms. The molecule has 0 unspecified atom stereocenters. The van der Waals surface area contributed by atoms with Gasteiger partial charge in [0.15, 0.2) is 11.4 Å². The van der Waals surface area contributed by atoms with Gasteiger partial charge in [-0.05, 0) is 69.6 Å². The SMILES string of the molecule is CC1(C)O[C@H]2[C@@H](OCc3c(F)cccc3F)C[C@](OCc3cccc(C(F)(F)F)c3)(C(=O)NCCN3CCCC3)C[C@H]2O1. The minimum absolute atomic E-state index is 0.0452. The van der Waals surface area contributed by atoms with E-state index >= 15 is 0 Å². The minimum atomic E-state index is -4.54. The summed E-state index contributed by atoms with van der Waals surface area (Å²) in [6, 6.07) is 8.23. The lowest BCUT2D eigenvalue weighted by molar-refractivity contribution is -0.183. The molecule has 1 aliphatic carbocycles. The molecule has 3 aliphatic rings. The number of ether oxygens (including phenoxy) is 4. The van der Waals surface area contributed by atoms with E-state index < -0.39 is 65.6 Å². The topological polar surface area (TPSA) is 69.3 Å². The van der Waals surface area contributed by atoms with Crippen molar-refractivity contribution in [2.45, 2.75) is 88.6 Å². The van der Waals surface area contributed by atoms with E-state index in [0.29, 0.717) is 13.1 Å². The highest BCUT2D eigenvalue weighted by Crippen LogP contribution is 2.44. The number of carbonyl (C=O) groups is 1. The molecule has 43 heavy (non-hydrogen) atoms. The lowest BCUT2D eigenvalue weighted by Crippen LogP contribution is -2.60. The molecule has 2 aliphatic heterocycles. The van der Waals surface area contributed by atoms with E-state index in [0.717, 1.165) is 50.2 Å². The van der Waals surface area contributed by atoms with E-state index in [1.54, 1.807) is 13.8 Å². The molecule has 5 rings (SSSR count). The van der Waals surface area contributed by atoms with Crippen LogP contribution in [-0.4, -0.2) is 66.7 Å². The van der Waals surface area contributed by atoms with Crippen LogP contribution >= 0.6 is 0 Å². The lowest BCUT2D eigenvalue weighted by atomic mass is 9.78. The van der Waals surface area contributed by atoms with Gasteiger partial charge in [0.05, 0.1) is 31.0 Å². The Morgan fingerprint density at radius 3 is 2.42 bits per heavy atom. The first-order valence-electron chi connectivity index (χ1n) is 14.6. The summed E-state index contributed by atoms with van der Waals surface area (Å²) in [6.07, 6.45) is -4.63. The monoisotopic (exact) mass is 612 g/mol. The molecule has 4 atom stereocenters. The van der Waals surface area contributed by atoms with Crippen molar-refractivity contribution in [3.8, 4) is 0 Å². The molecule has 236 valence electrons. The van der Waals surface area contributed by atoms with Crippen LogP contribution in [0.15, 0.2) is 42.5 Å². The Morgan fingerprint density at radius 1 is 1.02 bits per heavy atom. The Labute approximate surface area is 247 Å². The summed E-state index contributed by atoms with van der Waals surface area (Å²) in [7, 11) is 0. The average molecular weight is 613 g/mol. The van der Waals surface area contributed by atoms with Crippen LogP contribution in [0, 0.1) is 11.6 Å². The fourth-order valence-corrected chi connectivity index (χ4v) is 6.12. The number of likely N-dealkylation sites (tertiary alicyclic amines) is 1. The number of hydrogen-bond acceptors (Lipinski definition) is 6. The van der Waals surface area contributed by atoms with E-state index in [1.165, 1.54) is 18.2 Å². The van der Waals surface area contributed by atoms with Crippen LogP contribution in [0.4, 0.5) is 22.0 Å². The summed E-state index contributed by atoms with van der Waals surface area (Å²) >= 11 is 0. The summed E-state index contributed by atoms with van der Waals surface area (Å²) in [5.74, 6) is -3.05. The molecule has 7 nitrogen and oxygen atoms in total. The number of nitrogens with zero attached hydrogens (tertiary/aromatic N) is 1. The Bertz CT molecular complexity index is 1270. The van der Waals surface area contributed by atoms with Gasteiger partial charge in [0.1, 0.15) is 17.7 Å². The number of amides is 1. The zero-order valence-electron chi connectivity index (χ0n) is 24.2. The minimum Gasteiger partial charge on any atom is -0.370 e. The average Bonchev–Trinajstić information content (AvgIpc) is 3.57. The normalized spacial score (nSPS) is 27.3. The summed E-state index contributed by atoms with van der Waals surface area (Å²) < 4.78 is 93.5. The fraction of sp³-hybridized carbons (Fsp3) is 0.581. The first-order chi connectivity index (χ1) is 20.4. The molecule has 2 saturated heterocycles. The van der Waals surface area contributed by atoms with Gasteiger partial charge in [0.25, 0.3) is 5.91 Å². The van der Waals surface area contributed by atoms with Crippen LogP contribution in [-0.2, 0) is 43.1 Å². The molecular weight excluding hydrogens is 575 g/mol. The second-order valence-electron chi connectivity index (χ2n) is 11.9. The lowest BCUT2D eigenvalue weighted by Gasteiger charge is -2.43. The number of halogens is 5. The van der Waals surface area contributed by atoms with E-state index in [4.69, 9.17) is 18.9 Å². The number of carbonyl (C=O) groups excluding carboxylic acids is 1. The van der Waals surface area contributed by atoms with Crippen molar-refractivity contribution >= 4 is 5.91 Å². The third-order valence-electron chi connectivity index (χ3n) is 8.25. The number of alkyl halides is 3. The van der Waals surface area contributed by atoms with Gasteiger partial charge in [-0.1, -0.05) is 18.2 Å². The number of hydrogen-bond donors (Lipinski definition) is 1. The molecule has 0 aromatic heterocycles. The number of nitrogens with one attached hydrogen (secondary N) is 1. The van der Waals surface area contributed by atoms with E-state index in [1.807, 2.05) is 0 Å². The maximum atomic E-state index is 14.4. The quantitative estimate of drug-likeness (QED) is 0.365. The van der Waals surface area contributed by atoms with Gasteiger partial charge in [-0.3, -0.25) is 4.79 Å². The summed E-state index contributed by atoms with van der Waals surface area (Å²) in [5.41, 5.74) is -2.45. The molecule has 1 amide bonds. The first-order valence-corrected chi connectivity index (χ1v) is 14.6. The molecule has 12 heteroatoms. The highest BCUT2D eigenvalue weighted by molar-refractivity contribution is 5.85. The van der Waals surface area contributed by atoms with Gasteiger partial charge in [0.2, 0.25) is 0 Å². The summed E-state index contributed by atoms with van der Waals surface area (Å²) in [4.78, 5) is 16.1. The Morgan fingerprint density at radius 2 is 1.72 bits per heavy atom. The largest absolute Gasteiger partial charge is 0.416 e. The second-order valence-corrected chi connectivity index (χ2v) is 11.9. The van der Waals surface area contributed by atoms with Gasteiger partial charge in [-0.2, -0.15) is 13.2 Å². The van der Waals surface area contributed by atoms with Crippen molar-refractivity contribution < 1.29 is 45.7 Å². The molecule has 3 fully saturated rings. The Balaban J connectivity index is 1.40. The highest BCUT2D eigenvalue weighted by atomic mass is 19.4. The predicted molar refractivity (Wildman–Crippen MR) is 146 cm³/mol. The number of rotatable bonds is 10. The van der Waals surface area contributed by atoms with E-state index in [2.05, 4.69) is 10.2 Å². The van der Waals surface area contributed by atoms with Crippen LogP contribution in [0.2, 0.25) is 0 Å². The smallest absolute Gasteiger partial charge is 0.370 e. The van der Waals surface area contributed by atoms with Crippen LogP contribution in [0.5, 0.6) is 0 Å². The van der Waals surface area contributed by atoms with Crippen molar-refractivity contribution in [2.24, 2.45) is 0 Å². The van der Waals surface area contributed by atoms with Gasteiger partial charge in [-0.25, -0.2) is 8.78 Å². The number of fused-ring (bicyclic) bond motifs is 1. The van der Waals surface area contributed by atoms with Crippen molar-refractivity contribution in [2.75, 3.05) is 26.2 Å². The van der Waals surface area contributed by atoms with Crippen molar-refractivity contribution in [1.29, 1.82) is 0 Å². The Hall–Kier alpha value is -2.64. The van der Waals surface area contributed by atoms with E-state index in [-0.39, 0.29) is 30.6 Å². The molecule has 2 aromatic rings. The van der Waals surface area contributed by atoms with Crippen molar-refractivity contribution in [3.05, 3.63) is 70.8 Å². The molecule has 1 saturated carbocycles. The molecule has 0 spiro atoms. The molecule has 0 radical (unpaired) electrons. The van der Waals surface area contributed by atoms with Crippen LogP contribution in [0.3, 0.4) is 0 Å². The molecule has 1 N–H and O–H groups in total. The maximum absolute atomic E-state index is 14.4. The van der Waals surface area contributed by atoms with Crippen LogP contribution < -0.4 is 5.32 Å². The maximum Gasteiger partial charge on any atom is 0.416 e. The van der Waals surface area contributed by atoms with Gasteiger partial charge in [0, 0.05) is 31.5 Å². The van der Waals surface area contributed by atoms with Gasteiger partial charge in [-0.15, -0.1) is 0 Å². The summed E-state index contributed by atoms with van der Waals surface area (Å²) in [5, 5.41) is 2.95. The van der Waals surface area contributed by atoms with Gasteiger partial charge < -0.3 is 29.2 Å². The van der Waals surface area contributed by atoms with Crippen LogP contribution in [0.1, 0.15) is 56.2 Å². The van der Waals surface area contributed by atoms with Crippen molar-refractivity contribution in [1.82, 2.24) is 10.2 Å².